The third-order valence-electron chi connectivity index (χ3n) is 3.48. The molecule has 0 aromatic carbocycles. The molecule has 64 valence electrons. The predicted octanol–water partition coefficient (Wildman–Crippen LogP) is 2.75. The Balaban J connectivity index is 1.93. The first-order valence-corrected chi connectivity index (χ1v) is 4.92. The molecule has 2 saturated carbocycles. The van der Waals surface area contributed by atoms with Crippen molar-refractivity contribution in [3.05, 3.63) is 0 Å². The summed E-state index contributed by atoms with van der Waals surface area (Å²) in [6, 6.07) is 0. The van der Waals surface area contributed by atoms with E-state index in [0.717, 1.165) is 5.92 Å². The van der Waals surface area contributed by atoms with Gasteiger partial charge in [-0.05, 0) is 25.2 Å². The third kappa shape index (κ3) is 1.31. The first-order valence-electron chi connectivity index (χ1n) is 4.92. The average Bonchev–Trinajstić information content (AvgIpc) is 2.64. The van der Waals surface area contributed by atoms with E-state index in [1.165, 1.54) is 44.9 Å². The van der Waals surface area contributed by atoms with E-state index in [4.69, 9.17) is 4.74 Å². The molecule has 1 nitrogen and oxygen atoms in total. The zero-order valence-electron chi connectivity index (χ0n) is 7.44. The number of fused-ring (bicyclic) bond motifs is 1. The van der Waals surface area contributed by atoms with E-state index in [9.17, 15) is 0 Å². The molecule has 0 bridgehead atoms. The van der Waals surface area contributed by atoms with Crippen LogP contribution in [0.3, 0.4) is 0 Å². The molecule has 0 aromatic heterocycles. The summed E-state index contributed by atoms with van der Waals surface area (Å²) in [5.41, 5.74) is 0.362. The van der Waals surface area contributed by atoms with Crippen LogP contribution >= 0.6 is 0 Å². The first-order chi connectivity index (χ1) is 5.37. The molecule has 0 heterocycles. The van der Waals surface area contributed by atoms with Crippen molar-refractivity contribution in [1.82, 2.24) is 0 Å². The highest BCUT2D eigenvalue weighted by atomic mass is 16.5. The fraction of sp³-hybridized carbons (Fsp3) is 1.00. The molecule has 0 aliphatic heterocycles. The molecule has 2 unspecified atom stereocenters. The Morgan fingerprint density at radius 1 is 1.18 bits per heavy atom. The van der Waals surface area contributed by atoms with E-state index in [-0.39, 0.29) is 0 Å². The highest BCUT2D eigenvalue weighted by Gasteiger charge is 2.53. The normalized spacial score (nSPS) is 43.9. The van der Waals surface area contributed by atoms with Crippen LogP contribution < -0.4 is 0 Å². The van der Waals surface area contributed by atoms with Crippen molar-refractivity contribution in [2.45, 2.75) is 50.5 Å². The predicted molar refractivity (Wildman–Crippen MR) is 45.5 cm³/mol. The molecule has 0 saturated heterocycles. The maximum Gasteiger partial charge on any atom is 0.0711 e. The summed E-state index contributed by atoms with van der Waals surface area (Å²) in [6.07, 6.45) is 9.82. The van der Waals surface area contributed by atoms with E-state index >= 15 is 0 Å². The maximum atomic E-state index is 5.59. The number of rotatable bonds is 1. The van der Waals surface area contributed by atoms with Crippen LogP contribution in [-0.2, 0) is 4.74 Å². The van der Waals surface area contributed by atoms with Gasteiger partial charge in [-0.15, -0.1) is 0 Å². The van der Waals surface area contributed by atoms with Gasteiger partial charge in [0, 0.05) is 7.11 Å². The minimum absolute atomic E-state index is 0.362. The molecule has 2 aliphatic carbocycles. The fourth-order valence-corrected chi connectivity index (χ4v) is 2.55. The Morgan fingerprint density at radius 3 is 2.82 bits per heavy atom. The van der Waals surface area contributed by atoms with Crippen LogP contribution in [0.2, 0.25) is 0 Å². The van der Waals surface area contributed by atoms with Crippen LogP contribution in [0.4, 0.5) is 0 Å². The fourth-order valence-electron chi connectivity index (χ4n) is 2.55. The van der Waals surface area contributed by atoms with Crippen LogP contribution in [0.1, 0.15) is 44.9 Å². The van der Waals surface area contributed by atoms with E-state index in [1.807, 2.05) is 7.11 Å². The van der Waals surface area contributed by atoms with Crippen molar-refractivity contribution in [1.29, 1.82) is 0 Å². The zero-order chi connectivity index (χ0) is 7.73. The highest BCUT2D eigenvalue weighted by molar-refractivity contribution is 5.04. The lowest BCUT2D eigenvalue weighted by atomic mass is 9.99. The van der Waals surface area contributed by atoms with Gasteiger partial charge in [0.25, 0.3) is 0 Å². The monoisotopic (exact) mass is 154 g/mol. The quantitative estimate of drug-likeness (QED) is 0.564. The molecule has 0 spiro atoms. The molecule has 0 N–H and O–H groups in total. The van der Waals surface area contributed by atoms with Crippen molar-refractivity contribution in [2.24, 2.45) is 5.92 Å². The van der Waals surface area contributed by atoms with Gasteiger partial charge in [-0.2, -0.15) is 0 Å². The van der Waals surface area contributed by atoms with E-state index in [0.29, 0.717) is 5.60 Å². The van der Waals surface area contributed by atoms with Crippen LogP contribution in [0, 0.1) is 5.92 Å². The van der Waals surface area contributed by atoms with E-state index in [1.54, 1.807) is 0 Å². The summed E-state index contributed by atoms with van der Waals surface area (Å²) in [7, 11) is 1.89. The van der Waals surface area contributed by atoms with Crippen molar-refractivity contribution < 1.29 is 4.74 Å². The lowest BCUT2D eigenvalue weighted by molar-refractivity contribution is 0.0513. The third-order valence-corrected chi connectivity index (χ3v) is 3.48. The Kier molecular flexibility index (Phi) is 1.92. The minimum Gasteiger partial charge on any atom is -0.378 e. The van der Waals surface area contributed by atoms with Crippen molar-refractivity contribution in [3.8, 4) is 0 Å². The molecule has 0 aromatic rings. The van der Waals surface area contributed by atoms with E-state index < -0.39 is 0 Å². The van der Waals surface area contributed by atoms with Crippen molar-refractivity contribution >= 4 is 0 Å². The van der Waals surface area contributed by atoms with E-state index in [2.05, 4.69) is 0 Å². The van der Waals surface area contributed by atoms with Gasteiger partial charge in [-0.3, -0.25) is 0 Å². The summed E-state index contributed by atoms with van der Waals surface area (Å²) in [6.45, 7) is 0. The molecule has 2 fully saturated rings. The van der Waals surface area contributed by atoms with Gasteiger partial charge < -0.3 is 4.74 Å². The lowest BCUT2D eigenvalue weighted by Gasteiger charge is -2.17. The van der Waals surface area contributed by atoms with Gasteiger partial charge in [0.1, 0.15) is 0 Å². The molecule has 1 heteroatoms. The number of methoxy groups -OCH3 is 1. The molecule has 11 heavy (non-hydrogen) atoms. The molecule has 0 amide bonds. The summed E-state index contributed by atoms with van der Waals surface area (Å²) in [5.74, 6) is 0.924. The van der Waals surface area contributed by atoms with Gasteiger partial charge in [0.05, 0.1) is 5.60 Å². The topological polar surface area (TPSA) is 9.23 Å². The zero-order valence-corrected chi connectivity index (χ0v) is 7.44. The second-order valence-corrected chi connectivity index (χ2v) is 4.12. The van der Waals surface area contributed by atoms with Crippen LogP contribution in [0.5, 0.6) is 0 Å². The average molecular weight is 154 g/mol. The second kappa shape index (κ2) is 2.78. The molecular formula is C10H18O. The first kappa shape index (κ1) is 7.60. The minimum atomic E-state index is 0.362. The maximum absolute atomic E-state index is 5.59. The van der Waals surface area contributed by atoms with Crippen LogP contribution in [0.15, 0.2) is 0 Å². The smallest absolute Gasteiger partial charge is 0.0711 e. The summed E-state index contributed by atoms with van der Waals surface area (Å²) in [5, 5.41) is 0. The second-order valence-electron chi connectivity index (χ2n) is 4.12. The Hall–Kier alpha value is -0.0400. The van der Waals surface area contributed by atoms with Crippen LogP contribution in [-0.4, -0.2) is 12.7 Å². The summed E-state index contributed by atoms with van der Waals surface area (Å²) >= 11 is 0. The largest absolute Gasteiger partial charge is 0.378 e. The number of hydrogen-bond acceptors (Lipinski definition) is 1. The Morgan fingerprint density at radius 2 is 2.00 bits per heavy atom. The molecule has 2 aliphatic rings. The standard InChI is InChI=1S/C10H18O/c1-11-10-7-5-3-2-4-6-9(10)8-10/h9H,2-8H2,1H3. The summed E-state index contributed by atoms with van der Waals surface area (Å²) in [4.78, 5) is 0. The van der Waals surface area contributed by atoms with Gasteiger partial charge in [0.15, 0.2) is 0 Å². The summed E-state index contributed by atoms with van der Waals surface area (Å²) < 4.78 is 5.59. The highest BCUT2D eigenvalue weighted by Crippen LogP contribution is 2.53. The van der Waals surface area contributed by atoms with Crippen molar-refractivity contribution in [3.63, 3.8) is 0 Å². The van der Waals surface area contributed by atoms with Gasteiger partial charge in [0.2, 0.25) is 0 Å². The molecule has 0 radical (unpaired) electrons. The Labute approximate surface area is 69.1 Å². The molecular weight excluding hydrogens is 136 g/mol. The van der Waals surface area contributed by atoms with Crippen molar-refractivity contribution in [2.75, 3.05) is 7.11 Å². The Bertz CT molecular complexity index is 142. The van der Waals surface area contributed by atoms with Gasteiger partial charge in [-0.25, -0.2) is 0 Å². The van der Waals surface area contributed by atoms with Gasteiger partial charge in [-0.1, -0.05) is 25.7 Å². The number of hydrogen-bond donors (Lipinski definition) is 0. The molecule has 2 atom stereocenters. The number of ether oxygens (including phenoxy) is 1. The molecule has 2 rings (SSSR count). The lowest BCUT2D eigenvalue weighted by Crippen LogP contribution is -2.16. The van der Waals surface area contributed by atoms with Gasteiger partial charge >= 0.3 is 0 Å². The SMILES string of the molecule is COC12CCCCCCC1C2. The van der Waals surface area contributed by atoms with Crippen LogP contribution in [0.25, 0.3) is 0 Å².